The van der Waals surface area contributed by atoms with Crippen LogP contribution in [-0.2, 0) is 0 Å². The van der Waals surface area contributed by atoms with Crippen LogP contribution in [0.25, 0.3) is 0 Å². The number of pyridine rings is 1. The number of aromatic nitrogens is 1. The largest absolute Gasteiger partial charge is 0.385 e. The van der Waals surface area contributed by atoms with E-state index in [2.05, 4.69) is 22.1 Å². The number of likely N-dealkylation sites (tertiary alicyclic amines) is 1. The number of nitrogens with zero attached hydrogens (tertiary/aromatic N) is 2. The molecule has 0 saturated carbocycles. The Morgan fingerprint density at radius 2 is 2.18 bits per heavy atom. The van der Waals surface area contributed by atoms with Crippen LogP contribution in [-0.4, -0.2) is 35.6 Å². The van der Waals surface area contributed by atoms with Crippen molar-refractivity contribution in [2.24, 2.45) is 0 Å². The van der Waals surface area contributed by atoms with Crippen molar-refractivity contribution >= 4 is 5.69 Å². The molecule has 1 fully saturated rings. The molecule has 0 radical (unpaired) electrons. The standard InChI is InChI=1S/C14H23N3/c1-13-5-2-3-11-17(13)12-4-8-16-14-6-9-15-10-7-14/h6-7,9-10,13H,2-5,8,11-12H2,1H3,(H,15,16). The first-order valence-electron chi connectivity index (χ1n) is 6.74. The van der Waals surface area contributed by atoms with Gasteiger partial charge in [0.2, 0.25) is 0 Å². The average Bonchev–Trinajstić information content (AvgIpc) is 2.38. The van der Waals surface area contributed by atoms with Crippen LogP contribution < -0.4 is 5.32 Å². The van der Waals surface area contributed by atoms with Gasteiger partial charge in [0.1, 0.15) is 0 Å². The van der Waals surface area contributed by atoms with Crippen molar-refractivity contribution in [2.75, 3.05) is 25.0 Å². The third kappa shape index (κ3) is 4.00. The van der Waals surface area contributed by atoms with Gasteiger partial charge in [0.05, 0.1) is 0 Å². The summed E-state index contributed by atoms with van der Waals surface area (Å²) in [5, 5.41) is 3.43. The van der Waals surface area contributed by atoms with E-state index in [0.29, 0.717) is 0 Å². The number of rotatable bonds is 5. The van der Waals surface area contributed by atoms with Crippen molar-refractivity contribution in [1.29, 1.82) is 0 Å². The second-order valence-electron chi connectivity index (χ2n) is 4.90. The van der Waals surface area contributed by atoms with Gasteiger partial charge in [0, 0.05) is 37.2 Å². The molecule has 1 saturated heterocycles. The van der Waals surface area contributed by atoms with Gasteiger partial charge in [-0.05, 0) is 44.9 Å². The molecule has 0 bridgehead atoms. The van der Waals surface area contributed by atoms with Crippen LogP contribution in [0.4, 0.5) is 5.69 Å². The Morgan fingerprint density at radius 1 is 1.35 bits per heavy atom. The average molecular weight is 233 g/mol. The molecule has 1 aromatic rings. The Morgan fingerprint density at radius 3 is 2.94 bits per heavy atom. The molecule has 1 atom stereocenters. The summed E-state index contributed by atoms with van der Waals surface area (Å²) in [5.74, 6) is 0. The van der Waals surface area contributed by atoms with Crippen LogP contribution in [0.1, 0.15) is 32.6 Å². The lowest BCUT2D eigenvalue weighted by Gasteiger charge is -2.33. The van der Waals surface area contributed by atoms with Crippen LogP contribution in [0, 0.1) is 0 Å². The summed E-state index contributed by atoms with van der Waals surface area (Å²) >= 11 is 0. The highest BCUT2D eigenvalue weighted by Gasteiger charge is 2.16. The molecular weight excluding hydrogens is 210 g/mol. The molecule has 1 aromatic heterocycles. The van der Waals surface area contributed by atoms with Crippen molar-refractivity contribution in [3.63, 3.8) is 0 Å². The minimum absolute atomic E-state index is 0.782. The van der Waals surface area contributed by atoms with Gasteiger partial charge in [-0.3, -0.25) is 4.98 Å². The predicted octanol–water partition coefficient (Wildman–Crippen LogP) is 2.76. The molecule has 1 unspecified atom stereocenters. The Labute approximate surface area is 104 Å². The lowest BCUT2D eigenvalue weighted by molar-refractivity contribution is 0.160. The van der Waals surface area contributed by atoms with Crippen molar-refractivity contribution in [3.8, 4) is 0 Å². The number of anilines is 1. The summed E-state index contributed by atoms with van der Waals surface area (Å²) in [6.07, 6.45) is 9.03. The van der Waals surface area contributed by atoms with E-state index in [-0.39, 0.29) is 0 Å². The first kappa shape index (κ1) is 12.4. The third-order valence-corrected chi connectivity index (χ3v) is 3.57. The zero-order valence-corrected chi connectivity index (χ0v) is 10.7. The smallest absolute Gasteiger partial charge is 0.0371 e. The van der Waals surface area contributed by atoms with E-state index in [1.165, 1.54) is 44.5 Å². The highest BCUT2D eigenvalue weighted by Crippen LogP contribution is 2.16. The number of hydrogen-bond acceptors (Lipinski definition) is 3. The Balaban J connectivity index is 1.63. The summed E-state index contributed by atoms with van der Waals surface area (Å²) in [5.41, 5.74) is 1.17. The van der Waals surface area contributed by atoms with Gasteiger partial charge in [-0.1, -0.05) is 6.42 Å². The van der Waals surface area contributed by atoms with Gasteiger partial charge in [0.25, 0.3) is 0 Å². The van der Waals surface area contributed by atoms with Gasteiger partial charge >= 0.3 is 0 Å². The molecular formula is C14H23N3. The highest BCUT2D eigenvalue weighted by atomic mass is 15.2. The molecule has 0 amide bonds. The summed E-state index contributed by atoms with van der Waals surface area (Å²) in [6.45, 7) is 5.92. The second kappa shape index (κ2) is 6.60. The fourth-order valence-corrected chi connectivity index (χ4v) is 2.47. The predicted molar refractivity (Wildman–Crippen MR) is 72.2 cm³/mol. The fraction of sp³-hybridized carbons (Fsp3) is 0.643. The molecule has 1 aliphatic heterocycles. The molecule has 0 aromatic carbocycles. The molecule has 0 aliphatic carbocycles. The van der Waals surface area contributed by atoms with Crippen LogP contribution in [0.5, 0.6) is 0 Å². The number of hydrogen-bond donors (Lipinski definition) is 1. The minimum Gasteiger partial charge on any atom is -0.385 e. The van der Waals surface area contributed by atoms with Crippen molar-refractivity contribution < 1.29 is 0 Å². The molecule has 1 aliphatic rings. The van der Waals surface area contributed by atoms with Crippen LogP contribution in [0.15, 0.2) is 24.5 Å². The van der Waals surface area contributed by atoms with Crippen LogP contribution in [0.3, 0.4) is 0 Å². The molecule has 1 N–H and O–H groups in total. The first-order valence-corrected chi connectivity index (χ1v) is 6.74. The van der Waals surface area contributed by atoms with Gasteiger partial charge in [-0.25, -0.2) is 0 Å². The Kier molecular flexibility index (Phi) is 4.80. The van der Waals surface area contributed by atoms with Crippen molar-refractivity contribution in [2.45, 2.75) is 38.6 Å². The first-order chi connectivity index (χ1) is 8.36. The summed E-state index contributed by atoms with van der Waals surface area (Å²) in [7, 11) is 0. The zero-order chi connectivity index (χ0) is 11.9. The summed E-state index contributed by atoms with van der Waals surface area (Å²) in [4.78, 5) is 6.63. The molecule has 2 heterocycles. The zero-order valence-electron chi connectivity index (χ0n) is 10.7. The maximum Gasteiger partial charge on any atom is 0.0371 e. The molecule has 3 heteroatoms. The van der Waals surface area contributed by atoms with Gasteiger partial charge in [-0.2, -0.15) is 0 Å². The summed E-state index contributed by atoms with van der Waals surface area (Å²) in [6, 6.07) is 4.82. The number of piperidine rings is 1. The molecule has 3 nitrogen and oxygen atoms in total. The van der Waals surface area contributed by atoms with E-state index in [0.717, 1.165) is 12.6 Å². The molecule has 2 rings (SSSR count). The summed E-state index contributed by atoms with van der Waals surface area (Å²) < 4.78 is 0. The van der Waals surface area contributed by atoms with Crippen LogP contribution in [0.2, 0.25) is 0 Å². The topological polar surface area (TPSA) is 28.2 Å². The van der Waals surface area contributed by atoms with E-state index in [4.69, 9.17) is 0 Å². The fourth-order valence-electron chi connectivity index (χ4n) is 2.47. The maximum atomic E-state index is 4.01. The monoisotopic (exact) mass is 233 g/mol. The molecule has 0 spiro atoms. The quantitative estimate of drug-likeness (QED) is 0.793. The third-order valence-electron chi connectivity index (χ3n) is 3.57. The normalized spacial score (nSPS) is 21.4. The van der Waals surface area contributed by atoms with E-state index >= 15 is 0 Å². The lowest BCUT2D eigenvalue weighted by atomic mass is 10.0. The highest BCUT2D eigenvalue weighted by molar-refractivity contribution is 5.40. The SMILES string of the molecule is CC1CCCCN1CCCNc1ccncc1. The van der Waals surface area contributed by atoms with E-state index in [1.54, 1.807) is 0 Å². The lowest BCUT2D eigenvalue weighted by Crippen LogP contribution is -2.38. The van der Waals surface area contributed by atoms with Gasteiger partial charge in [0.15, 0.2) is 0 Å². The maximum absolute atomic E-state index is 4.01. The van der Waals surface area contributed by atoms with Gasteiger partial charge < -0.3 is 10.2 Å². The second-order valence-corrected chi connectivity index (χ2v) is 4.90. The van der Waals surface area contributed by atoms with Gasteiger partial charge in [-0.15, -0.1) is 0 Å². The van der Waals surface area contributed by atoms with Crippen molar-refractivity contribution in [3.05, 3.63) is 24.5 Å². The number of nitrogens with one attached hydrogen (secondary N) is 1. The minimum atomic E-state index is 0.782. The van der Waals surface area contributed by atoms with E-state index < -0.39 is 0 Å². The van der Waals surface area contributed by atoms with Crippen molar-refractivity contribution in [1.82, 2.24) is 9.88 Å². The van der Waals surface area contributed by atoms with E-state index in [1.807, 2.05) is 24.5 Å². The molecule has 94 valence electrons. The Hall–Kier alpha value is -1.09. The Bertz CT molecular complexity index is 313. The molecule has 17 heavy (non-hydrogen) atoms. The van der Waals surface area contributed by atoms with E-state index in [9.17, 15) is 0 Å². The van der Waals surface area contributed by atoms with Crippen LogP contribution >= 0.6 is 0 Å².